The summed E-state index contributed by atoms with van der Waals surface area (Å²) in [7, 11) is -0.446. The van der Waals surface area contributed by atoms with Crippen LogP contribution in [0.1, 0.15) is 5.56 Å². The molecule has 0 aliphatic rings. The van der Waals surface area contributed by atoms with Gasteiger partial charge in [-0.15, -0.1) is 0 Å². The summed E-state index contributed by atoms with van der Waals surface area (Å²) in [4.78, 5) is 7.25. The van der Waals surface area contributed by atoms with Crippen molar-refractivity contribution in [3.63, 3.8) is 0 Å². The second-order valence-corrected chi connectivity index (χ2v) is 8.02. The first-order valence-corrected chi connectivity index (χ1v) is 10.2. The van der Waals surface area contributed by atoms with Crippen molar-refractivity contribution in [2.45, 2.75) is 6.92 Å². The topological polar surface area (TPSA) is 59.3 Å². The van der Waals surface area contributed by atoms with Crippen molar-refractivity contribution in [1.82, 2.24) is 0 Å². The number of aryl methyl sites for hydroxylation is 1. The van der Waals surface area contributed by atoms with Crippen LogP contribution >= 0.6 is 7.92 Å². The quantitative estimate of drug-likeness (QED) is 0.176. The minimum absolute atomic E-state index is 0. The first kappa shape index (κ1) is 27.3. The molecule has 1 radical (unpaired) electrons. The van der Waals surface area contributed by atoms with Crippen LogP contribution in [0, 0.1) is 18.5 Å². The maximum absolute atomic E-state index is 7.50. The molecule has 0 atom stereocenters. The fraction of sp³-hybridized carbons (Fsp3) is 0.0400. The van der Waals surface area contributed by atoms with Gasteiger partial charge < -0.3 is 10.5 Å². The summed E-state index contributed by atoms with van der Waals surface area (Å²) in [6, 6.07) is 40.6. The van der Waals surface area contributed by atoms with Crippen LogP contribution in [0.5, 0.6) is 0 Å². The Morgan fingerprint density at radius 2 is 1.00 bits per heavy atom. The van der Waals surface area contributed by atoms with Crippen LogP contribution in [0.15, 0.2) is 115 Å². The van der Waals surface area contributed by atoms with Gasteiger partial charge in [0.25, 0.3) is 0 Å². The summed E-state index contributed by atoms with van der Waals surface area (Å²) in [6.45, 7) is 6.58. The first-order valence-electron chi connectivity index (χ1n) is 8.87. The number of rotatable bonds is 3. The Morgan fingerprint density at radius 3 is 1.20 bits per heavy atom. The molecule has 0 aromatic heterocycles. The minimum atomic E-state index is -0.446. The third-order valence-corrected chi connectivity index (χ3v) is 6.32. The SMILES string of the molecule is Cc1ccc[cH-]1.[C-]#[O+].[Mn].[N-]=O.c1ccc(P(c2ccccc2)c2ccccc2)cc1. The van der Waals surface area contributed by atoms with E-state index in [-0.39, 0.29) is 17.1 Å². The van der Waals surface area contributed by atoms with Gasteiger partial charge in [0.05, 0.1) is 0 Å². The van der Waals surface area contributed by atoms with Crippen LogP contribution in [0.2, 0.25) is 0 Å². The number of hydrogen-bond donors (Lipinski definition) is 0. The maximum Gasteiger partial charge on any atom is 0 e. The zero-order chi connectivity index (χ0) is 21.3. The van der Waals surface area contributed by atoms with Crippen LogP contribution in [0.25, 0.3) is 5.59 Å². The fourth-order valence-corrected chi connectivity index (χ4v) is 4.95. The standard InChI is InChI=1S/C18H15P.C6H7.CO.Mn.NO/c1-4-10-16(11-5-1)19(17-12-6-2-7-13-17)18-14-8-3-9-15-18;1-6-4-2-3-5-6;1-2;;1-2/h1-15H;2-5H,1H3;;;/q;-1;;;-1. The average molecular weight is 454 g/mol. The molecule has 0 aliphatic heterocycles. The van der Waals surface area contributed by atoms with E-state index in [1.54, 1.807) is 0 Å². The van der Waals surface area contributed by atoms with Gasteiger partial charge in [-0.1, -0.05) is 97.9 Å². The van der Waals surface area contributed by atoms with Crippen molar-refractivity contribution in [3.8, 4) is 0 Å². The Kier molecular flexibility index (Phi) is 15.6. The van der Waals surface area contributed by atoms with Gasteiger partial charge in [0.1, 0.15) is 0 Å². The molecule has 4 aromatic carbocycles. The first-order chi connectivity index (χ1) is 14.3. The minimum Gasteiger partial charge on any atom is -0.577 e. The van der Waals surface area contributed by atoms with Crippen LogP contribution in [-0.4, -0.2) is 0 Å². The van der Waals surface area contributed by atoms with Crippen LogP contribution in [0.4, 0.5) is 0 Å². The smallest absolute Gasteiger partial charge is 0 e. The van der Waals surface area contributed by atoms with Gasteiger partial charge in [0.2, 0.25) is 0 Å². The molecule has 30 heavy (non-hydrogen) atoms. The second kappa shape index (κ2) is 17.2. The summed E-state index contributed by atoms with van der Waals surface area (Å²) in [5, 5.41) is 4.19. The van der Waals surface area contributed by atoms with Crippen molar-refractivity contribution in [3.05, 3.63) is 138 Å². The maximum atomic E-state index is 7.50. The van der Waals surface area contributed by atoms with Crippen molar-refractivity contribution in [1.29, 1.82) is 0 Å². The van der Waals surface area contributed by atoms with E-state index in [1.165, 1.54) is 21.5 Å². The number of hydrogen-bond acceptors (Lipinski definition) is 1. The molecule has 3 nitrogen and oxygen atoms in total. The summed E-state index contributed by atoms with van der Waals surface area (Å²) in [5.74, 6) is 0. The van der Waals surface area contributed by atoms with Crippen LogP contribution in [0.3, 0.4) is 0 Å². The largest absolute Gasteiger partial charge is 0.577 e. The Hall–Kier alpha value is -2.70. The van der Waals surface area contributed by atoms with E-state index in [0.29, 0.717) is 0 Å². The number of benzene rings is 3. The Balaban J connectivity index is 0.000000647. The van der Waals surface area contributed by atoms with Crippen molar-refractivity contribution < 1.29 is 21.7 Å². The van der Waals surface area contributed by atoms with Crippen LogP contribution < -0.4 is 15.9 Å². The van der Waals surface area contributed by atoms with Gasteiger partial charge in [-0.25, -0.2) is 12.1 Å². The van der Waals surface area contributed by atoms with Gasteiger partial charge in [-0.05, 0) is 23.8 Å². The van der Waals surface area contributed by atoms with E-state index >= 15 is 0 Å². The van der Waals surface area contributed by atoms with Gasteiger partial charge in [0, 0.05) is 17.1 Å². The molecule has 0 bridgehead atoms. The molecule has 153 valence electrons. The van der Waals surface area contributed by atoms with E-state index < -0.39 is 7.92 Å². The van der Waals surface area contributed by atoms with Gasteiger partial charge in [0.15, 0.2) is 0 Å². The van der Waals surface area contributed by atoms with E-state index in [4.69, 9.17) is 15.2 Å². The summed E-state index contributed by atoms with van der Waals surface area (Å²) < 4.78 is 7.50. The van der Waals surface area contributed by atoms with Gasteiger partial charge in [-0.3, -0.25) is 0 Å². The normalized spacial score (nSPS) is 8.67. The third-order valence-electron chi connectivity index (χ3n) is 3.87. The van der Waals surface area contributed by atoms with Gasteiger partial charge in [-0.2, -0.15) is 17.7 Å². The number of nitroso groups, excluding NO2 is 1. The van der Waals surface area contributed by atoms with E-state index in [1.807, 2.05) is 12.1 Å². The molecular formula is C25H22MnNO2P-2. The average Bonchev–Trinajstić information content (AvgIpc) is 3.30. The van der Waals surface area contributed by atoms with E-state index in [2.05, 4.69) is 117 Å². The summed E-state index contributed by atoms with van der Waals surface area (Å²) >= 11 is 0. The predicted octanol–water partition coefficient (Wildman–Crippen LogP) is 5.44. The second-order valence-electron chi connectivity index (χ2n) is 5.80. The number of nitrogens with zero attached hydrogens (tertiary/aromatic N) is 1. The van der Waals surface area contributed by atoms with E-state index in [0.717, 1.165) is 0 Å². The Morgan fingerprint density at radius 1 is 0.667 bits per heavy atom. The molecule has 0 heterocycles. The summed E-state index contributed by atoms with van der Waals surface area (Å²) in [5.41, 5.74) is 7.09. The molecule has 0 amide bonds. The zero-order valence-corrected chi connectivity index (χ0v) is 18.6. The summed E-state index contributed by atoms with van der Waals surface area (Å²) in [6.07, 6.45) is 0. The molecule has 0 N–H and O–H groups in total. The molecule has 5 heteroatoms. The molecule has 4 rings (SSSR count). The Bertz CT molecular complexity index is 821. The molecule has 4 aromatic rings. The molecule has 0 spiro atoms. The monoisotopic (exact) mass is 454 g/mol. The zero-order valence-electron chi connectivity index (χ0n) is 16.6. The van der Waals surface area contributed by atoms with Gasteiger partial charge >= 0.3 is 11.3 Å². The van der Waals surface area contributed by atoms with Crippen molar-refractivity contribution in [2.24, 2.45) is 0 Å². The third kappa shape index (κ3) is 9.20. The molecule has 0 unspecified atom stereocenters. The molecule has 0 fully saturated rings. The fourth-order valence-electron chi connectivity index (χ4n) is 2.65. The molecule has 0 saturated heterocycles. The van der Waals surface area contributed by atoms with Crippen molar-refractivity contribution in [2.75, 3.05) is 0 Å². The Labute approximate surface area is 190 Å². The molecule has 0 aliphatic carbocycles. The predicted molar refractivity (Wildman–Crippen MR) is 123 cm³/mol. The van der Waals surface area contributed by atoms with Crippen LogP contribution in [-0.2, 0) is 21.7 Å². The van der Waals surface area contributed by atoms with Crippen molar-refractivity contribution >= 4 is 23.8 Å². The molecular weight excluding hydrogens is 432 g/mol. The molecule has 0 saturated carbocycles. The van der Waals surface area contributed by atoms with E-state index in [9.17, 15) is 0 Å².